The van der Waals surface area contributed by atoms with Gasteiger partial charge in [-0.1, -0.05) is 12.1 Å². The molecule has 0 aliphatic rings. The number of carbonyl (C=O) groups is 1. The number of rotatable bonds is 7. The van der Waals surface area contributed by atoms with Gasteiger partial charge >= 0.3 is 5.69 Å². The van der Waals surface area contributed by atoms with E-state index in [9.17, 15) is 14.0 Å². The molecule has 0 saturated heterocycles. The lowest BCUT2D eigenvalue weighted by Gasteiger charge is -2.07. The number of hydrogen-bond donors (Lipinski definition) is 2. The Bertz CT molecular complexity index is 1090. The molecule has 0 radical (unpaired) electrons. The first-order valence-corrected chi connectivity index (χ1v) is 8.48. The number of amides is 1. The maximum absolute atomic E-state index is 12.7. The zero-order valence-corrected chi connectivity index (χ0v) is 15.0. The predicted octanol–water partition coefficient (Wildman–Crippen LogP) is 0.936. The first kappa shape index (κ1) is 19.2. The lowest BCUT2D eigenvalue weighted by Crippen LogP contribution is -2.25. The van der Waals surface area contributed by atoms with Crippen molar-refractivity contribution in [3.05, 3.63) is 77.0 Å². The Kier molecular flexibility index (Phi) is 5.75. The van der Waals surface area contributed by atoms with Gasteiger partial charge in [-0.2, -0.15) is 5.10 Å². The van der Waals surface area contributed by atoms with Crippen LogP contribution >= 0.6 is 0 Å². The van der Waals surface area contributed by atoms with E-state index >= 15 is 0 Å². The summed E-state index contributed by atoms with van der Waals surface area (Å²) in [6.45, 7) is -0.0136. The average molecular weight is 382 g/mol. The molecule has 2 aromatic heterocycles. The number of carbonyl (C=O) groups excluding carboxylic acids is 1. The van der Waals surface area contributed by atoms with Crippen LogP contribution in [-0.4, -0.2) is 31.8 Å². The summed E-state index contributed by atoms with van der Waals surface area (Å²) >= 11 is 0. The predicted molar refractivity (Wildman–Crippen MR) is 102 cm³/mol. The van der Waals surface area contributed by atoms with Gasteiger partial charge in [-0.15, -0.1) is 0 Å². The average Bonchev–Trinajstić information content (AvgIpc) is 3.06. The third kappa shape index (κ3) is 4.21. The number of primary amides is 1. The number of halogens is 1. The van der Waals surface area contributed by atoms with E-state index in [1.807, 2.05) is 12.1 Å². The number of nitrogens with zero attached hydrogens (tertiary/aromatic N) is 4. The molecule has 0 aliphatic carbocycles. The third-order valence-electron chi connectivity index (χ3n) is 4.13. The Labute approximate surface area is 159 Å². The molecular formula is C19H19FN6O2. The Balaban J connectivity index is 1.94. The standard InChI is InChI=1S/C19H19FN6O2/c20-9-13(10-21)11-26-19(28)25(12-24-26)17-3-1-2-14(7-17)15-4-5-23-16(6-15)8-18(22)27/h1-7,9,12H,8,10-11,21H2,(H2,22,27)/b13-9-. The van der Waals surface area contributed by atoms with Crippen molar-refractivity contribution in [1.29, 1.82) is 0 Å². The molecule has 0 atom stereocenters. The van der Waals surface area contributed by atoms with Gasteiger partial charge in [0.2, 0.25) is 5.91 Å². The molecule has 8 nitrogen and oxygen atoms in total. The van der Waals surface area contributed by atoms with Crippen molar-refractivity contribution in [3.8, 4) is 16.8 Å². The van der Waals surface area contributed by atoms with Crippen LogP contribution in [0.3, 0.4) is 0 Å². The van der Waals surface area contributed by atoms with Gasteiger partial charge in [0, 0.05) is 12.7 Å². The Hall–Kier alpha value is -3.59. The van der Waals surface area contributed by atoms with E-state index in [-0.39, 0.29) is 25.1 Å². The van der Waals surface area contributed by atoms with Crippen molar-refractivity contribution in [2.45, 2.75) is 13.0 Å². The summed E-state index contributed by atoms with van der Waals surface area (Å²) in [6, 6.07) is 10.8. The molecule has 4 N–H and O–H groups in total. The van der Waals surface area contributed by atoms with Crippen molar-refractivity contribution < 1.29 is 9.18 Å². The summed E-state index contributed by atoms with van der Waals surface area (Å²) < 4.78 is 15.2. The Morgan fingerprint density at radius 3 is 2.71 bits per heavy atom. The summed E-state index contributed by atoms with van der Waals surface area (Å²) in [7, 11) is 0. The van der Waals surface area contributed by atoms with Gasteiger partial charge in [-0.05, 0) is 41.0 Å². The first-order chi connectivity index (χ1) is 13.5. The molecule has 0 bridgehead atoms. The Morgan fingerprint density at radius 2 is 2.00 bits per heavy atom. The van der Waals surface area contributed by atoms with Gasteiger partial charge in [0.1, 0.15) is 6.33 Å². The second-order valence-corrected chi connectivity index (χ2v) is 6.14. The van der Waals surface area contributed by atoms with Crippen LogP contribution in [0, 0.1) is 0 Å². The topological polar surface area (TPSA) is 122 Å². The lowest BCUT2D eigenvalue weighted by atomic mass is 10.0. The van der Waals surface area contributed by atoms with E-state index in [2.05, 4.69) is 10.1 Å². The van der Waals surface area contributed by atoms with Crippen LogP contribution in [0.4, 0.5) is 4.39 Å². The van der Waals surface area contributed by atoms with E-state index in [4.69, 9.17) is 11.5 Å². The van der Waals surface area contributed by atoms with Crippen molar-refractivity contribution in [2.75, 3.05) is 6.54 Å². The van der Waals surface area contributed by atoms with Crippen LogP contribution in [0.5, 0.6) is 0 Å². The lowest BCUT2D eigenvalue weighted by molar-refractivity contribution is -0.117. The SMILES string of the molecule is NC/C(=C/F)Cn1ncn(-c2cccc(-c3ccnc(CC(N)=O)c3)c2)c1=O. The number of nitrogens with two attached hydrogens (primary N) is 2. The van der Waals surface area contributed by atoms with E-state index in [0.29, 0.717) is 17.7 Å². The number of benzene rings is 1. The highest BCUT2D eigenvalue weighted by atomic mass is 19.1. The molecule has 0 aliphatic heterocycles. The fraction of sp³-hybridized carbons (Fsp3) is 0.158. The minimum Gasteiger partial charge on any atom is -0.369 e. The highest BCUT2D eigenvalue weighted by Crippen LogP contribution is 2.22. The van der Waals surface area contributed by atoms with Gasteiger partial charge in [-0.3, -0.25) is 9.78 Å². The van der Waals surface area contributed by atoms with Gasteiger partial charge in [0.05, 0.1) is 30.7 Å². The maximum atomic E-state index is 12.7. The summed E-state index contributed by atoms with van der Waals surface area (Å²) in [5.74, 6) is -0.462. The fourth-order valence-electron chi connectivity index (χ4n) is 2.73. The molecule has 1 amide bonds. The number of pyridine rings is 1. The molecule has 9 heteroatoms. The van der Waals surface area contributed by atoms with E-state index in [0.717, 1.165) is 15.8 Å². The summed E-state index contributed by atoms with van der Waals surface area (Å²) in [5, 5.41) is 4.02. The monoisotopic (exact) mass is 382 g/mol. The fourth-order valence-corrected chi connectivity index (χ4v) is 2.73. The molecule has 0 saturated carbocycles. The molecule has 0 unspecified atom stereocenters. The normalized spacial score (nSPS) is 11.6. The summed E-state index contributed by atoms with van der Waals surface area (Å²) in [4.78, 5) is 27.8. The van der Waals surface area contributed by atoms with Crippen LogP contribution in [-0.2, 0) is 17.8 Å². The first-order valence-electron chi connectivity index (χ1n) is 8.48. The van der Waals surface area contributed by atoms with Crippen molar-refractivity contribution in [3.63, 3.8) is 0 Å². The summed E-state index contributed by atoms with van der Waals surface area (Å²) in [5.41, 5.74) is 13.3. The van der Waals surface area contributed by atoms with Crippen molar-refractivity contribution in [2.24, 2.45) is 11.5 Å². The minimum absolute atomic E-state index is 0.000956. The highest BCUT2D eigenvalue weighted by Gasteiger charge is 2.10. The third-order valence-corrected chi connectivity index (χ3v) is 4.13. The van der Waals surface area contributed by atoms with Gasteiger partial charge in [-0.25, -0.2) is 18.4 Å². The smallest absolute Gasteiger partial charge is 0.350 e. The molecule has 28 heavy (non-hydrogen) atoms. The van der Waals surface area contributed by atoms with E-state index < -0.39 is 11.6 Å². The molecule has 2 heterocycles. The van der Waals surface area contributed by atoms with Crippen molar-refractivity contribution in [1.82, 2.24) is 19.3 Å². The van der Waals surface area contributed by atoms with Crippen molar-refractivity contribution >= 4 is 5.91 Å². The quantitative estimate of drug-likeness (QED) is 0.630. The largest absolute Gasteiger partial charge is 0.369 e. The number of aromatic nitrogens is 4. The zero-order valence-electron chi connectivity index (χ0n) is 15.0. The number of hydrogen-bond acceptors (Lipinski definition) is 5. The maximum Gasteiger partial charge on any atom is 0.350 e. The highest BCUT2D eigenvalue weighted by molar-refractivity contribution is 5.77. The molecule has 3 rings (SSSR count). The van der Waals surface area contributed by atoms with Gasteiger partial charge in [0.25, 0.3) is 0 Å². The van der Waals surface area contributed by atoms with E-state index in [1.54, 1.807) is 30.5 Å². The molecule has 0 fully saturated rings. The van der Waals surface area contributed by atoms with Gasteiger partial charge in [0.15, 0.2) is 0 Å². The molecule has 144 valence electrons. The minimum atomic E-state index is -0.462. The second-order valence-electron chi connectivity index (χ2n) is 6.14. The zero-order chi connectivity index (χ0) is 20.1. The van der Waals surface area contributed by atoms with Gasteiger partial charge < -0.3 is 11.5 Å². The molecule has 1 aromatic carbocycles. The van der Waals surface area contributed by atoms with Crippen LogP contribution in [0.1, 0.15) is 5.69 Å². The van der Waals surface area contributed by atoms with Crippen LogP contribution in [0.25, 0.3) is 16.8 Å². The van der Waals surface area contributed by atoms with Crippen LogP contribution < -0.4 is 17.2 Å². The molecular weight excluding hydrogens is 363 g/mol. The molecule has 0 spiro atoms. The molecule has 3 aromatic rings. The van der Waals surface area contributed by atoms with Crippen LogP contribution in [0.15, 0.2) is 65.6 Å². The van der Waals surface area contributed by atoms with E-state index in [1.165, 1.54) is 10.9 Å². The second kappa shape index (κ2) is 8.40. The summed E-state index contributed by atoms with van der Waals surface area (Å²) in [6.07, 6.45) is 3.41. The van der Waals surface area contributed by atoms with Crippen LogP contribution in [0.2, 0.25) is 0 Å². The Morgan fingerprint density at radius 1 is 1.21 bits per heavy atom.